The molecule has 2 N–H and O–H groups in total. The van der Waals surface area contributed by atoms with Crippen LogP contribution in [0.3, 0.4) is 0 Å². The number of rotatable bonds is 10. The molecule has 0 aliphatic carbocycles. The number of carboxylic acids is 2. The number of aliphatic carboxylic acids is 2. The van der Waals surface area contributed by atoms with Gasteiger partial charge in [-0.15, -0.1) is 0 Å². The first-order chi connectivity index (χ1) is 8.01. The van der Waals surface area contributed by atoms with Gasteiger partial charge in [-0.2, -0.15) is 0 Å². The molecular formula is C13H25NaO4. The summed E-state index contributed by atoms with van der Waals surface area (Å²) in [5, 5.41) is 18.4. The minimum atomic E-state index is -1.57. The average Bonchev–Trinajstić information content (AvgIpc) is 2.26. The first-order valence-corrected chi connectivity index (χ1v) is 6.48. The van der Waals surface area contributed by atoms with Gasteiger partial charge >= 0.3 is 41.5 Å². The second-order valence-electron chi connectivity index (χ2n) is 4.61. The fraction of sp³-hybridized carbons (Fsp3) is 0.846. The van der Waals surface area contributed by atoms with Crippen LogP contribution in [0.25, 0.3) is 0 Å². The van der Waals surface area contributed by atoms with Crippen LogP contribution in [0, 0.1) is 5.41 Å². The smallest absolute Gasteiger partial charge is 1.00 e. The van der Waals surface area contributed by atoms with Crippen molar-refractivity contribution in [1.82, 2.24) is 0 Å². The number of hydrogen-bond donors (Lipinski definition) is 2. The third kappa shape index (κ3) is 6.21. The van der Waals surface area contributed by atoms with Crippen molar-refractivity contribution in [2.24, 2.45) is 5.41 Å². The molecule has 0 fully saturated rings. The van der Waals surface area contributed by atoms with Gasteiger partial charge < -0.3 is 11.6 Å². The van der Waals surface area contributed by atoms with Crippen LogP contribution in [-0.2, 0) is 9.59 Å². The molecule has 0 bridgehead atoms. The Kier molecular flexibility index (Phi) is 12.2. The van der Waals surface area contributed by atoms with Gasteiger partial charge in [0.05, 0.1) is 0 Å². The maximum absolute atomic E-state index is 11.3. The summed E-state index contributed by atoms with van der Waals surface area (Å²) in [6, 6.07) is 0. The van der Waals surface area contributed by atoms with Gasteiger partial charge in [0.2, 0.25) is 0 Å². The molecule has 0 saturated carbocycles. The second-order valence-corrected chi connectivity index (χ2v) is 4.61. The van der Waals surface area contributed by atoms with Crippen molar-refractivity contribution in [1.29, 1.82) is 0 Å². The van der Waals surface area contributed by atoms with E-state index in [9.17, 15) is 19.8 Å². The topological polar surface area (TPSA) is 74.6 Å². The van der Waals surface area contributed by atoms with Crippen molar-refractivity contribution in [3.8, 4) is 0 Å². The summed E-state index contributed by atoms with van der Waals surface area (Å²) >= 11 is 0. The monoisotopic (exact) mass is 268 g/mol. The fourth-order valence-corrected chi connectivity index (χ4v) is 2.00. The zero-order valence-corrected chi connectivity index (χ0v) is 13.9. The molecular weight excluding hydrogens is 243 g/mol. The Bertz CT molecular complexity index is 233. The third-order valence-corrected chi connectivity index (χ3v) is 3.23. The molecule has 0 aliphatic rings. The van der Waals surface area contributed by atoms with Crippen molar-refractivity contribution in [2.45, 2.75) is 65.2 Å². The molecule has 0 amide bonds. The van der Waals surface area contributed by atoms with E-state index >= 15 is 0 Å². The predicted octanol–water partition coefficient (Wildman–Crippen LogP) is 0.419. The predicted molar refractivity (Wildman–Crippen MR) is 67.1 cm³/mol. The molecule has 0 spiro atoms. The molecule has 0 aromatic rings. The van der Waals surface area contributed by atoms with Crippen LogP contribution in [0.2, 0.25) is 0 Å². The summed E-state index contributed by atoms with van der Waals surface area (Å²) in [5.41, 5.74) is -1.57. The summed E-state index contributed by atoms with van der Waals surface area (Å²) in [7, 11) is 0. The third-order valence-electron chi connectivity index (χ3n) is 3.23. The second kappa shape index (κ2) is 10.8. The van der Waals surface area contributed by atoms with Crippen molar-refractivity contribution >= 4 is 11.9 Å². The summed E-state index contributed by atoms with van der Waals surface area (Å²) in [4.78, 5) is 22.5. The van der Waals surface area contributed by atoms with Crippen LogP contribution in [0.1, 0.15) is 66.6 Å². The molecule has 0 rings (SSSR count). The van der Waals surface area contributed by atoms with Crippen LogP contribution in [0.5, 0.6) is 0 Å². The molecule has 102 valence electrons. The zero-order valence-electron chi connectivity index (χ0n) is 12.9. The van der Waals surface area contributed by atoms with Gasteiger partial charge in [-0.05, 0) is 12.8 Å². The van der Waals surface area contributed by atoms with Gasteiger partial charge in [0.15, 0.2) is 5.41 Å². The van der Waals surface area contributed by atoms with E-state index in [2.05, 4.69) is 0 Å². The van der Waals surface area contributed by atoms with Gasteiger partial charge in [-0.1, -0.05) is 52.4 Å². The van der Waals surface area contributed by atoms with Crippen molar-refractivity contribution in [2.75, 3.05) is 0 Å². The number of unbranched alkanes of at least 4 members (excludes halogenated alkanes) is 4. The Morgan fingerprint density at radius 3 is 1.44 bits per heavy atom. The van der Waals surface area contributed by atoms with E-state index in [0.29, 0.717) is 12.8 Å². The average molecular weight is 268 g/mol. The van der Waals surface area contributed by atoms with Crippen LogP contribution >= 0.6 is 0 Å². The summed E-state index contributed by atoms with van der Waals surface area (Å²) in [6.45, 7) is 4.03. The summed E-state index contributed by atoms with van der Waals surface area (Å²) in [6.07, 6.45) is 5.52. The van der Waals surface area contributed by atoms with Gasteiger partial charge in [0, 0.05) is 0 Å². The van der Waals surface area contributed by atoms with Gasteiger partial charge in [0.25, 0.3) is 0 Å². The Morgan fingerprint density at radius 2 is 1.22 bits per heavy atom. The van der Waals surface area contributed by atoms with Crippen LogP contribution in [0.4, 0.5) is 0 Å². The van der Waals surface area contributed by atoms with Gasteiger partial charge in [0.1, 0.15) is 0 Å². The van der Waals surface area contributed by atoms with E-state index in [4.69, 9.17) is 0 Å². The summed E-state index contributed by atoms with van der Waals surface area (Å²) in [5.74, 6) is -2.37. The van der Waals surface area contributed by atoms with Crippen molar-refractivity contribution in [3.63, 3.8) is 0 Å². The molecule has 0 atom stereocenters. The molecule has 0 aliphatic heterocycles. The minimum Gasteiger partial charge on any atom is -1.00 e. The van der Waals surface area contributed by atoms with E-state index in [1.807, 2.05) is 13.8 Å². The largest absolute Gasteiger partial charge is 1.00 e. The zero-order chi connectivity index (χ0) is 13.3. The quantitative estimate of drug-likeness (QED) is 0.342. The molecule has 5 heteroatoms. The van der Waals surface area contributed by atoms with E-state index in [0.717, 1.165) is 25.7 Å². The summed E-state index contributed by atoms with van der Waals surface area (Å²) < 4.78 is 0. The fourth-order valence-electron chi connectivity index (χ4n) is 2.00. The number of carboxylic acid groups (broad SMARTS) is 2. The van der Waals surface area contributed by atoms with E-state index in [-0.39, 0.29) is 43.8 Å². The maximum Gasteiger partial charge on any atom is 1.00 e. The standard InChI is InChI=1S/C13H24O4.Na.H/c1-3-5-7-9-13(11(14)15,12(16)17)10-8-6-4-2;;/h3-10H2,1-2H3,(H,14,15)(H,16,17);;/q;+1;-1. The van der Waals surface area contributed by atoms with Crippen LogP contribution in [0.15, 0.2) is 0 Å². The molecule has 0 aromatic carbocycles. The van der Waals surface area contributed by atoms with Crippen molar-refractivity contribution in [3.05, 3.63) is 0 Å². The Labute approximate surface area is 133 Å². The maximum atomic E-state index is 11.3. The Balaban J connectivity index is -0.00000128. The molecule has 0 radical (unpaired) electrons. The van der Waals surface area contributed by atoms with Gasteiger partial charge in [-0.25, -0.2) is 0 Å². The van der Waals surface area contributed by atoms with Crippen LogP contribution in [-0.4, -0.2) is 22.2 Å². The van der Waals surface area contributed by atoms with Gasteiger partial charge in [-0.3, -0.25) is 9.59 Å². The molecule has 4 nitrogen and oxygen atoms in total. The molecule has 18 heavy (non-hydrogen) atoms. The number of hydrogen-bond acceptors (Lipinski definition) is 2. The molecule has 0 saturated heterocycles. The van der Waals surface area contributed by atoms with E-state index in [1.165, 1.54) is 0 Å². The Morgan fingerprint density at radius 1 is 0.889 bits per heavy atom. The number of carbonyl (C=O) groups is 2. The van der Waals surface area contributed by atoms with E-state index in [1.54, 1.807) is 0 Å². The molecule has 0 aromatic heterocycles. The van der Waals surface area contributed by atoms with Crippen LogP contribution < -0.4 is 29.6 Å². The SMILES string of the molecule is CCCCCC(CCCCC)(C(=O)O)C(=O)O.[H-].[Na+]. The molecule has 0 unspecified atom stereocenters. The van der Waals surface area contributed by atoms with E-state index < -0.39 is 17.4 Å². The normalized spacial score (nSPS) is 10.8. The first-order valence-electron chi connectivity index (χ1n) is 6.48. The molecule has 0 heterocycles. The first kappa shape index (κ1) is 20.3. The minimum absolute atomic E-state index is 0. The Hall–Kier alpha value is -0.0600. The van der Waals surface area contributed by atoms with Crippen molar-refractivity contribution < 1.29 is 50.8 Å².